The molecule has 1 N–H and O–H groups in total. The fourth-order valence-electron chi connectivity index (χ4n) is 2.04. The SMILES string of the molecule is CCC(C)c1nc(C)c(CCNCCOC)c(C)n1. The Morgan fingerprint density at radius 3 is 2.32 bits per heavy atom. The van der Waals surface area contributed by atoms with Crippen LogP contribution in [0.1, 0.15) is 49.0 Å². The Kier molecular flexibility index (Phi) is 6.95. The van der Waals surface area contributed by atoms with E-state index >= 15 is 0 Å². The Balaban J connectivity index is 2.64. The Morgan fingerprint density at radius 2 is 1.79 bits per heavy atom. The molecule has 0 aliphatic carbocycles. The molecule has 19 heavy (non-hydrogen) atoms. The average Bonchev–Trinajstić information content (AvgIpc) is 2.40. The molecule has 108 valence electrons. The zero-order valence-electron chi connectivity index (χ0n) is 12.9. The lowest BCUT2D eigenvalue weighted by molar-refractivity contribution is 0.199. The van der Waals surface area contributed by atoms with Gasteiger partial charge in [0.25, 0.3) is 0 Å². The minimum Gasteiger partial charge on any atom is -0.383 e. The molecule has 0 amide bonds. The maximum absolute atomic E-state index is 5.01. The summed E-state index contributed by atoms with van der Waals surface area (Å²) in [7, 11) is 1.72. The summed E-state index contributed by atoms with van der Waals surface area (Å²) in [5.74, 6) is 1.42. The van der Waals surface area contributed by atoms with E-state index in [1.54, 1.807) is 7.11 Å². The molecule has 1 atom stereocenters. The highest BCUT2D eigenvalue weighted by molar-refractivity contribution is 5.25. The molecule has 0 spiro atoms. The Bertz CT molecular complexity index is 370. The minimum absolute atomic E-state index is 0.436. The zero-order valence-corrected chi connectivity index (χ0v) is 12.9. The lowest BCUT2D eigenvalue weighted by Gasteiger charge is -2.14. The van der Waals surface area contributed by atoms with Gasteiger partial charge in [-0.15, -0.1) is 0 Å². The molecule has 0 fully saturated rings. The van der Waals surface area contributed by atoms with Crippen molar-refractivity contribution in [1.82, 2.24) is 15.3 Å². The van der Waals surface area contributed by atoms with E-state index in [-0.39, 0.29) is 0 Å². The summed E-state index contributed by atoms with van der Waals surface area (Å²) in [5.41, 5.74) is 3.52. The summed E-state index contributed by atoms with van der Waals surface area (Å²) in [6.07, 6.45) is 2.05. The van der Waals surface area contributed by atoms with E-state index in [2.05, 4.69) is 43.0 Å². The number of ether oxygens (including phenoxy) is 1. The first-order valence-electron chi connectivity index (χ1n) is 7.13. The Labute approximate surface area is 117 Å². The Hall–Kier alpha value is -1.00. The molecule has 0 aliphatic heterocycles. The largest absolute Gasteiger partial charge is 0.383 e. The molecular weight excluding hydrogens is 238 g/mol. The van der Waals surface area contributed by atoms with E-state index < -0.39 is 0 Å². The quantitative estimate of drug-likeness (QED) is 0.733. The number of rotatable bonds is 8. The van der Waals surface area contributed by atoms with Crippen LogP contribution in [0.2, 0.25) is 0 Å². The van der Waals surface area contributed by atoms with Gasteiger partial charge in [-0.2, -0.15) is 0 Å². The summed E-state index contributed by atoms with van der Waals surface area (Å²) in [6.45, 7) is 11.1. The van der Waals surface area contributed by atoms with Crippen LogP contribution in [0.3, 0.4) is 0 Å². The molecule has 0 aliphatic rings. The molecule has 0 aromatic carbocycles. The molecule has 4 heteroatoms. The van der Waals surface area contributed by atoms with Gasteiger partial charge in [0.1, 0.15) is 5.82 Å². The van der Waals surface area contributed by atoms with Gasteiger partial charge >= 0.3 is 0 Å². The van der Waals surface area contributed by atoms with Crippen molar-refractivity contribution in [2.45, 2.75) is 46.5 Å². The predicted octanol–water partition coefficient (Wildman–Crippen LogP) is 2.39. The fourth-order valence-corrected chi connectivity index (χ4v) is 2.04. The van der Waals surface area contributed by atoms with Gasteiger partial charge in [-0.1, -0.05) is 13.8 Å². The molecule has 0 saturated carbocycles. The summed E-state index contributed by atoms with van der Waals surface area (Å²) in [4.78, 5) is 9.31. The first-order chi connectivity index (χ1) is 9.10. The van der Waals surface area contributed by atoms with Gasteiger partial charge in [0, 0.05) is 31.0 Å². The molecule has 0 radical (unpaired) electrons. The third-order valence-corrected chi connectivity index (χ3v) is 3.53. The third kappa shape index (κ3) is 4.88. The van der Waals surface area contributed by atoms with Crippen LogP contribution < -0.4 is 5.32 Å². The predicted molar refractivity (Wildman–Crippen MR) is 78.7 cm³/mol. The van der Waals surface area contributed by atoms with Crippen molar-refractivity contribution in [3.8, 4) is 0 Å². The van der Waals surface area contributed by atoms with Gasteiger partial charge < -0.3 is 10.1 Å². The second-order valence-electron chi connectivity index (χ2n) is 5.03. The van der Waals surface area contributed by atoms with Crippen molar-refractivity contribution in [1.29, 1.82) is 0 Å². The van der Waals surface area contributed by atoms with Crippen LogP contribution in [0.25, 0.3) is 0 Å². The first kappa shape index (κ1) is 16.1. The third-order valence-electron chi connectivity index (χ3n) is 3.53. The van der Waals surface area contributed by atoms with Crippen molar-refractivity contribution in [3.63, 3.8) is 0 Å². The molecule has 4 nitrogen and oxygen atoms in total. The van der Waals surface area contributed by atoms with Gasteiger partial charge in [-0.25, -0.2) is 9.97 Å². The number of nitrogens with zero attached hydrogens (tertiary/aromatic N) is 2. The van der Waals surface area contributed by atoms with Crippen LogP contribution >= 0.6 is 0 Å². The van der Waals surface area contributed by atoms with E-state index in [0.29, 0.717) is 5.92 Å². The highest BCUT2D eigenvalue weighted by Gasteiger charge is 2.12. The van der Waals surface area contributed by atoms with E-state index in [0.717, 1.165) is 49.8 Å². The summed E-state index contributed by atoms with van der Waals surface area (Å²) >= 11 is 0. The molecule has 1 unspecified atom stereocenters. The number of nitrogens with one attached hydrogen (secondary N) is 1. The van der Waals surface area contributed by atoms with Gasteiger partial charge in [0.2, 0.25) is 0 Å². The molecule has 1 aromatic heterocycles. The fraction of sp³-hybridized carbons (Fsp3) is 0.733. The first-order valence-corrected chi connectivity index (χ1v) is 7.13. The van der Waals surface area contributed by atoms with Crippen LogP contribution in [0, 0.1) is 13.8 Å². The molecule has 0 saturated heterocycles. The maximum atomic E-state index is 5.01. The van der Waals surface area contributed by atoms with Gasteiger partial charge in [0.15, 0.2) is 0 Å². The summed E-state index contributed by atoms with van der Waals surface area (Å²) in [6, 6.07) is 0. The van der Waals surface area contributed by atoms with Gasteiger partial charge in [-0.05, 0) is 38.8 Å². The van der Waals surface area contributed by atoms with E-state index in [1.165, 1.54) is 5.56 Å². The monoisotopic (exact) mass is 265 g/mol. The number of hydrogen-bond donors (Lipinski definition) is 1. The lowest BCUT2D eigenvalue weighted by atomic mass is 10.1. The highest BCUT2D eigenvalue weighted by atomic mass is 16.5. The average molecular weight is 265 g/mol. The minimum atomic E-state index is 0.436. The number of hydrogen-bond acceptors (Lipinski definition) is 4. The molecule has 1 rings (SSSR count). The van der Waals surface area contributed by atoms with Crippen LogP contribution in [-0.4, -0.2) is 36.8 Å². The van der Waals surface area contributed by atoms with E-state index in [4.69, 9.17) is 4.74 Å². The van der Waals surface area contributed by atoms with Crippen molar-refractivity contribution in [2.24, 2.45) is 0 Å². The standard InChI is InChI=1S/C15H27N3O/c1-6-11(2)15-17-12(3)14(13(4)18-15)7-8-16-9-10-19-5/h11,16H,6-10H2,1-5H3. The summed E-state index contributed by atoms with van der Waals surface area (Å²) in [5, 5.41) is 3.36. The zero-order chi connectivity index (χ0) is 14.3. The second-order valence-corrected chi connectivity index (χ2v) is 5.03. The topological polar surface area (TPSA) is 47.0 Å². The smallest absolute Gasteiger partial charge is 0.131 e. The van der Waals surface area contributed by atoms with Crippen LogP contribution in [0.15, 0.2) is 0 Å². The van der Waals surface area contributed by atoms with Crippen molar-refractivity contribution < 1.29 is 4.74 Å². The molecule has 0 bridgehead atoms. The van der Waals surface area contributed by atoms with Crippen LogP contribution in [0.5, 0.6) is 0 Å². The normalized spacial score (nSPS) is 12.7. The van der Waals surface area contributed by atoms with Crippen LogP contribution in [-0.2, 0) is 11.2 Å². The van der Waals surface area contributed by atoms with Crippen molar-refractivity contribution in [3.05, 3.63) is 22.8 Å². The van der Waals surface area contributed by atoms with E-state index in [1.807, 2.05) is 0 Å². The van der Waals surface area contributed by atoms with E-state index in [9.17, 15) is 0 Å². The number of methoxy groups -OCH3 is 1. The Morgan fingerprint density at radius 1 is 1.16 bits per heavy atom. The molecule has 1 heterocycles. The summed E-state index contributed by atoms with van der Waals surface area (Å²) < 4.78 is 5.01. The van der Waals surface area contributed by atoms with Gasteiger partial charge in [-0.3, -0.25) is 0 Å². The van der Waals surface area contributed by atoms with Crippen molar-refractivity contribution >= 4 is 0 Å². The van der Waals surface area contributed by atoms with Crippen molar-refractivity contribution in [2.75, 3.05) is 26.8 Å². The lowest BCUT2D eigenvalue weighted by Crippen LogP contribution is -2.22. The maximum Gasteiger partial charge on any atom is 0.131 e. The van der Waals surface area contributed by atoms with Crippen LogP contribution in [0.4, 0.5) is 0 Å². The second kappa shape index (κ2) is 8.23. The van der Waals surface area contributed by atoms with Gasteiger partial charge in [0.05, 0.1) is 6.61 Å². The number of aromatic nitrogens is 2. The molecule has 1 aromatic rings. The highest BCUT2D eigenvalue weighted by Crippen LogP contribution is 2.18. The number of aryl methyl sites for hydroxylation is 2. The molecular formula is C15H27N3O.